The molecule has 1 unspecified atom stereocenters. The van der Waals surface area contributed by atoms with Crippen LogP contribution in [0.15, 0.2) is 36.0 Å². The summed E-state index contributed by atoms with van der Waals surface area (Å²) in [5.41, 5.74) is 0.725. The van der Waals surface area contributed by atoms with Crippen molar-refractivity contribution in [3.05, 3.63) is 63.8 Å². The van der Waals surface area contributed by atoms with Crippen LogP contribution in [0, 0.1) is 6.92 Å². The lowest BCUT2D eigenvalue weighted by Crippen LogP contribution is -2.48. The minimum absolute atomic E-state index is 0.00987. The summed E-state index contributed by atoms with van der Waals surface area (Å²) in [6.07, 6.45) is -5.18. The van der Waals surface area contributed by atoms with Gasteiger partial charge in [-0.1, -0.05) is 12.1 Å². The Labute approximate surface area is 216 Å². The molecule has 0 radical (unpaired) electrons. The molecule has 0 amide bonds. The molecule has 6 rings (SSSR count). The van der Waals surface area contributed by atoms with Crippen LogP contribution in [0.4, 0.5) is 0 Å². The van der Waals surface area contributed by atoms with Gasteiger partial charge in [-0.2, -0.15) is 0 Å². The highest BCUT2D eigenvalue weighted by atomic mass is 16.7. The molecule has 0 spiro atoms. The smallest absolute Gasteiger partial charge is 0.333 e. The molecule has 3 heterocycles. The minimum atomic E-state index is -1.24. The number of rotatable bonds is 3. The number of ether oxygens (including phenoxy) is 3. The summed E-state index contributed by atoms with van der Waals surface area (Å²) in [7, 11) is 0. The largest absolute Gasteiger partial charge is 0.507 e. The Morgan fingerprint density at radius 3 is 2.58 bits per heavy atom. The Kier molecular flexibility index (Phi) is 5.58. The van der Waals surface area contributed by atoms with Gasteiger partial charge in [0, 0.05) is 23.1 Å². The van der Waals surface area contributed by atoms with Crippen LogP contribution in [-0.4, -0.2) is 80.1 Å². The maximum Gasteiger partial charge on any atom is 0.333 e. The lowest BCUT2D eigenvalue weighted by Gasteiger charge is -2.39. The number of ketones is 2. The lowest BCUT2D eigenvalue weighted by atomic mass is 9.78. The number of phenols is 1. The van der Waals surface area contributed by atoms with Crippen molar-refractivity contribution in [3.8, 4) is 11.5 Å². The minimum Gasteiger partial charge on any atom is -0.507 e. The number of nitrogens with zero attached hydrogens (tertiary/aromatic N) is 1. The van der Waals surface area contributed by atoms with Gasteiger partial charge in [-0.15, -0.1) is 0 Å². The molecule has 2 aromatic carbocycles. The third-order valence-electron chi connectivity index (χ3n) is 7.44. The molecule has 38 heavy (non-hydrogen) atoms. The van der Waals surface area contributed by atoms with Crippen molar-refractivity contribution in [2.24, 2.45) is 0 Å². The average molecular weight is 523 g/mol. The fourth-order valence-electron chi connectivity index (χ4n) is 5.68. The van der Waals surface area contributed by atoms with E-state index in [4.69, 9.17) is 14.2 Å². The van der Waals surface area contributed by atoms with E-state index in [1.807, 2.05) is 0 Å². The molecule has 0 bridgehead atoms. The van der Waals surface area contributed by atoms with E-state index in [0.29, 0.717) is 11.1 Å². The number of carbonyl (C=O) groups excluding carboxylic acids is 3. The molecule has 0 aromatic heterocycles. The third kappa shape index (κ3) is 3.39. The SMILES string of the molecule is Cc1cc(O)c2c(c1)C1OC(=O)[C@H](CO)N1C1=C2C(=O)c2cccc(O[C@H]3C[C@@H](O)[C@@H](O)[C@H](C)O3)c2C1=O. The second-order valence-corrected chi connectivity index (χ2v) is 9.89. The van der Waals surface area contributed by atoms with Gasteiger partial charge in [0.15, 0.2) is 11.8 Å². The topological polar surface area (TPSA) is 163 Å². The molecule has 3 aliphatic heterocycles. The number of hydrogen-bond donors (Lipinski definition) is 4. The van der Waals surface area contributed by atoms with Gasteiger partial charge in [0.25, 0.3) is 0 Å². The normalized spacial score (nSPS) is 29.9. The van der Waals surface area contributed by atoms with E-state index >= 15 is 0 Å². The molecule has 2 fully saturated rings. The maximum absolute atomic E-state index is 14.1. The number of aryl methyl sites for hydroxylation is 1. The fourth-order valence-corrected chi connectivity index (χ4v) is 5.68. The highest BCUT2D eigenvalue weighted by Gasteiger charge is 2.54. The molecule has 198 valence electrons. The third-order valence-corrected chi connectivity index (χ3v) is 7.44. The van der Waals surface area contributed by atoms with Crippen molar-refractivity contribution in [3.63, 3.8) is 0 Å². The first-order valence-corrected chi connectivity index (χ1v) is 12.2. The number of aliphatic hydroxyl groups excluding tert-OH is 3. The van der Waals surface area contributed by atoms with Crippen LogP contribution in [0.5, 0.6) is 11.5 Å². The lowest BCUT2D eigenvalue weighted by molar-refractivity contribution is -0.216. The Bertz CT molecular complexity index is 1420. The molecule has 0 saturated carbocycles. The molecule has 11 heteroatoms. The van der Waals surface area contributed by atoms with Crippen LogP contribution in [-0.2, 0) is 14.3 Å². The monoisotopic (exact) mass is 523 g/mol. The van der Waals surface area contributed by atoms with Crippen LogP contribution in [0.1, 0.15) is 57.0 Å². The predicted octanol–water partition coefficient (Wildman–Crippen LogP) is 0.958. The molecule has 2 aromatic rings. The number of carbonyl (C=O) groups is 3. The summed E-state index contributed by atoms with van der Waals surface area (Å²) in [5, 5.41) is 41.1. The Morgan fingerprint density at radius 2 is 1.87 bits per heavy atom. The number of Topliss-reactive ketones (excluding diaryl/α,β-unsaturated/α-hetero) is 2. The summed E-state index contributed by atoms with van der Waals surface area (Å²) in [6, 6.07) is 6.34. The summed E-state index contributed by atoms with van der Waals surface area (Å²) in [6.45, 7) is 2.63. The first-order valence-electron chi connectivity index (χ1n) is 12.2. The summed E-state index contributed by atoms with van der Waals surface area (Å²) in [4.78, 5) is 42.1. The Balaban J connectivity index is 1.51. The fraction of sp³-hybridized carbons (Fsp3) is 0.370. The van der Waals surface area contributed by atoms with E-state index in [1.54, 1.807) is 19.9 Å². The molecule has 4 N–H and O–H groups in total. The number of hydrogen-bond acceptors (Lipinski definition) is 11. The molecule has 1 aliphatic carbocycles. The van der Waals surface area contributed by atoms with Crippen molar-refractivity contribution in [2.75, 3.05) is 6.61 Å². The second-order valence-electron chi connectivity index (χ2n) is 9.89. The number of benzene rings is 2. The van der Waals surface area contributed by atoms with Crippen LogP contribution in [0.2, 0.25) is 0 Å². The highest BCUT2D eigenvalue weighted by molar-refractivity contribution is 6.41. The van der Waals surface area contributed by atoms with Gasteiger partial charge in [0.2, 0.25) is 18.3 Å². The molecule has 4 aliphatic rings. The quantitative estimate of drug-likeness (QED) is 0.424. The molecule has 11 nitrogen and oxygen atoms in total. The number of aliphatic hydroxyl groups is 3. The zero-order valence-corrected chi connectivity index (χ0v) is 20.5. The molecular formula is C27H25NO10. The van der Waals surface area contributed by atoms with Gasteiger partial charge in [0.1, 0.15) is 23.3 Å². The van der Waals surface area contributed by atoms with Gasteiger partial charge in [-0.25, -0.2) is 4.79 Å². The Morgan fingerprint density at radius 1 is 1.11 bits per heavy atom. The van der Waals surface area contributed by atoms with Gasteiger partial charge in [-0.05, 0) is 37.6 Å². The molecule has 6 atom stereocenters. The van der Waals surface area contributed by atoms with E-state index in [-0.39, 0.29) is 45.9 Å². The zero-order valence-electron chi connectivity index (χ0n) is 20.5. The summed E-state index contributed by atoms with van der Waals surface area (Å²) in [5.74, 6) is -2.25. The van der Waals surface area contributed by atoms with E-state index in [9.17, 15) is 34.8 Å². The first kappa shape index (κ1) is 24.6. The average Bonchev–Trinajstić information content (AvgIpc) is 3.21. The van der Waals surface area contributed by atoms with Gasteiger partial charge in [-0.3, -0.25) is 9.59 Å². The molecular weight excluding hydrogens is 498 g/mol. The number of fused-ring (bicyclic) bond motifs is 6. The first-order chi connectivity index (χ1) is 18.1. The van der Waals surface area contributed by atoms with Crippen molar-refractivity contribution in [2.45, 2.75) is 57.1 Å². The van der Waals surface area contributed by atoms with E-state index in [2.05, 4.69) is 0 Å². The van der Waals surface area contributed by atoms with Crippen LogP contribution in [0.25, 0.3) is 5.57 Å². The van der Waals surface area contributed by atoms with E-state index in [0.717, 1.165) is 0 Å². The zero-order chi connectivity index (χ0) is 27.0. The second kappa shape index (κ2) is 8.63. The van der Waals surface area contributed by atoms with Crippen molar-refractivity contribution >= 4 is 23.1 Å². The number of allylic oxidation sites excluding steroid dienone is 2. The highest BCUT2D eigenvalue weighted by Crippen LogP contribution is 2.52. The molecule has 2 saturated heterocycles. The van der Waals surface area contributed by atoms with Gasteiger partial charge < -0.3 is 39.5 Å². The van der Waals surface area contributed by atoms with Crippen molar-refractivity contribution in [1.82, 2.24) is 4.90 Å². The Hall–Kier alpha value is -3.77. The van der Waals surface area contributed by atoms with Crippen molar-refractivity contribution < 1.29 is 49.0 Å². The van der Waals surface area contributed by atoms with Gasteiger partial charge >= 0.3 is 5.97 Å². The van der Waals surface area contributed by atoms with Crippen LogP contribution >= 0.6 is 0 Å². The van der Waals surface area contributed by atoms with Crippen LogP contribution < -0.4 is 4.74 Å². The van der Waals surface area contributed by atoms with Crippen LogP contribution in [0.3, 0.4) is 0 Å². The predicted molar refractivity (Wildman–Crippen MR) is 128 cm³/mol. The van der Waals surface area contributed by atoms with E-state index < -0.39 is 61.0 Å². The number of aromatic hydroxyl groups is 1. The maximum atomic E-state index is 14.1. The summed E-state index contributed by atoms with van der Waals surface area (Å²) < 4.78 is 17.1. The standard InChI is InChI=1S/C27H25NO10/c1-10-6-13-19(15(30)7-10)21-22(28-14(9-29)27(35)38-26(13)28)25(34)20-12(24(21)33)4-3-5-17(20)37-18-8-16(31)23(32)11(2)36-18/h3-7,11,14,16,18,23,26,29-32H,8-9H2,1-2H3/t11-,14-,16+,18-,23-,26?/m0/s1. The number of phenolic OH excluding ortho intramolecular Hbond substituents is 1. The summed E-state index contributed by atoms with van der Waals surface area (Å²) >= 11 is 0. The number of esters is 1. The van der Waals surface area contributed by atoms with Crippen molar-refractivity contribution in [1.29, 1.82) is 0 Å². The van der Waals surface area contributed by atoms with E-state index in [1.165, 1.54) is 29.2 Å². The van der Waals surface area contributed by atoms with Gasteiger partial charge in [0.05, 0.1) is 30.0 Å².